The zero-order valence-electron chi connectivity index (χ0n) is 14.7. The number of nitrogen functional groups attached to an aromatic ring is 1. The first-order valence-electron chi connectivity index (χ1n) is 8.50. The SMILES string of the molecule is COc1ccccc1C(=O)c1[nH]c(NCCCc2ccccc2)nc1N. The Morgan fingerprint density at radius 3 is 2.65 bits per heavy atom. The smallest absolute Gasteiger partial charge is 0.216 e. The Labute approximate surface area is 152 Å². The van der Waals surface area contributed by atoms with Crippen molar-refractivity contribution in [2.45, 2.75) is 12.8 Å². The number of carbonyl (C=O) groups is 1. The summed E-state index contributed by atoms with van der Waals surface area (Å²) in [7, 11) is 1.53. The van der Waals surface area contributed by atoms with Crippen LogP contribution in [0.25, 0.3) is 0 Å². The summed E-state index contributed by atoms with van der Waals surface area (Å²) >= 11 is 0. The van der Waals surface area contributed by atoms with Gasteiger partial charge >= 0.3 is 0 Å². The molecule has 0 fully saturated rings. The van der Waals surface area contributed by atoms with E-state index in [1.807, 2.05) is 24.3 Å². The molecule has 6 heteroatoms. The second-order valence-electron chi connectivity index (χ2n) is 5.89. The van der Waals surface area contributed by atoms with Gasteiger partial charge in [-0.3, -0.25) is 4.79 Å². The van der Waals surface area contributed by atoms with Gasteiger partial charge in [0.1, 0.15) is 11.4 Å². The molecule has 6 nitrogen and oxygen atoms in total. The molecule has 134 valence electrons. The van der Waals surface area contributed by atoms with E-state index < -0.39 is 0 Å². The molecule has 0 unspecified atom stereocenters. The Kier molecular flexibility index (Phi) is 5.53. The Hall–Kier alpha value is -3.28. The summed E-state index contributed by atoms with van der Waals surface area (Å²) in [5.74, 6) is 0.925. The van der Waals surface area contributed by atoms with Crippen molar-refractivity contribution in [2.75, 3.05) is 24.7 Å². The summed E-state index contributed by atoms with van der Waals surface area (Å²) in [5.41, 5.74) is 7.92. The van der Waals surface area contributed by atoms with Gasteiger partial charge in [0.2, 0.25) is 11.7 Å². The van der Waals surface area contributed by atoms with Gasteiger partial charge in [0.25, 0.3) is 0 Å². The van der Waals surface area contributed by atoms with Gasteiger partial charge in [0.15, 0.2) is 5.82 Å². The molecule has 0 aliphatic rings. The standard InChI is InChI=1S/C20H22N4O2/c1-26-16-12-6-5-11-15(16)18(25)17-19(21)24-20(23-17)22-13-7-10-14-8-3-2-4-9-14/h2-6,8-9,11-12H,7,10,13,21H2,1H3,(H2,22,23,24). The molecule has 0 saturated carbocycles. The summed E-state index contributed by atoms with van der Waals surface area (Å²) in [4.78, 5) is 19.9. The van der Waals surface area contributed by atoms with Crippen molar-refractivity contribution in [3.05, 3.63) is 71.4 Å². The van der Waals surface area contributed by atoms with E-state index in [2.05, 4.69) is 27.4 Å². The number of hydrogen-bond acceptors (Lipinski definition) is 5. The normalized spacial score (nSPS) is 10.5. The van der Waals surface area contributed by atoms with Crippen LogP contribution in [-0.4, -0.2) is 29.4 Å². The van der Waals surface area contributed by atoms with Crippen LogP contribution in [0.1, 0.15) is 28.0 Å². The number of hydrogen-bond donors (Lipinski definition) is 3. The number of benzene rings is 2. The van der Waals surface area contributed by atoms with E-state index in [1.54, 1.807) is 18.2 Å². The number of H-pyrrole nitrogens is 1. The van der Waals surface area contributed by atoms with Crippen LogP contribution in [0.2, 0.25) is 0 Å². The van der Waals surface area contributed by atoms with E-state index in [-0.39, 0.29) is 17.3 Å². The number of carbonyl (C=O) groups excluding carboxylic acids is 1. The maximum atomic E-state index is 12.7. The first kappa shape index (κ1) is 17.5. The Morgan fingerprint density at radius 1 is 1.15 bits per heavy atom. The Bertz CT molecular complexity index is 875. The summed E-state index contributed by atoms with van der Waals surface area (Å²) in [6.45, 7) is 0.726. The average Bonchev–Trinajstić information content (AvgIpc) is 3.06. The summed E-state index contributed by atoms with van der Waals surface area (Å²) in [6, 6.07) is 17.3. The van der Waals surface area contributed by atoms with Gasteiger partial charge in [-0.2, -0.15) is 4.98 Å². The van der Waals surface area contributed by atoms with Crippen molar-refractivity contribution in [1.29, 1.82) is 0 Å². The summed E-state index contributed by atoms with van der Waals surface area (Å²) in [6.07, 6.45) is 1.91. The van der Waals surface area contributed by atoms with E-state index in [1.165, 1.54) is 12.7 Å². The number of anilines is 2. The molecule has 1 aromatic heterocycles. The zero-order chi connectivity index (χ0) is 18.4. The highest BCUT2D eigenvalue weighted by Crippen LogP contribution is 2.23. The lowest BCUT2D eigenvalue weighted by Crippen LogP contribution is -2.07. The fraction of sp³-hybridized carbons (Fsp3) is 0.200. The molecule has 1 heterocycles. The molecule has 0 amide bonds. The number of aromatic amines is 1. The van der Waals surface area contributed by atoms with Crippen LogP contribution in [0.15, 0.2) is 54.6 Å². The van der Waals surface area contributed by atoms with Gasteiger partial charge in [0, 0.05) is 6.54 Å². The highest BCUT2D eigenvalue weighted by Gasteiger charge is 2.20. The van der Waals surface area contributed by atoms with Gasteiger partial charge in [-0.15, -0.1) is 0 Å². The van der Waals surface area contributed by atoms with Crippen LogP contribution in [0.4, 0.5) is 11.8 Å². The predicted molar refractivity (Wildman–Crippen MR) is 103 cm³/mol. The average molecular weight is 350 g/mol. The molecule has 2 aromatic carbocycles. The largest absolute Gasteiger partial charge is 0.496 e. The minimum atomic E-state index is -0.246. The maximum absolute atomic E-state index is 12.7. The summed E-state index contributed by atoms with van der Waals surface area (Å²) in [5, 5.41) is 3.18. The van der Waals surface area contributed by atoms with Gasteiger partial charge < -0.3 is 20.8 Å². The molecule has 0 saturated heterocycles. The fourth-order valence-corrected chi connectivity index (χ4v) is 2.75. The van der Waals surface area contributed by atoms with E-state index >= 15 is 0 Å². The molecule has 0 radical (unpaired) electrons. The second kappa shape index (κ2) is 8.20. The van der Waals surface area contributed by atoms with Crippen LogP contribution < -0.4 is 15.8 Å². The lowest BCUT2D eigenvalue weighted by atomic mass is 10.1. The number of methoxy groups -OCH3 is 1. The number of para-hydroxylation sites is 1. The zero-order valence-corrected chi connectivity index (χ0v) is 14.7. The van der Waals surface area contributed by atoms with Gasteiger partial charge in [-0.1, -0.05) is 42.5 Å². The maximum Gasteiger partial charge on any atom is 0.216 e. The van der Waals surface area contributed by atoms with Crippen LogP contribution in [0, 0.1) is 0 Å². The molecular weight excluding hydrogens is 328 g/mol. The first-order valence-corrected chi connectivity index (χ1v) is 8.50. The number of aryl methyl sites for hydroxylation is 1. The fourth-order valence-electron chi connectivity index (χ4n) is 2.75. The number of rotatable bonds is 8. The minimum Gasteiger partial charge on any atom is -0.496 e. The number of nitrogens with one attached hydrogen (secondary N) is 2. The second-order valence-corrected chi connectivity index (χ2v) is 5.89. The van der Waals surface area contributed by atoms with Crippen molar-refractivity contribution in [2.24, 2.45) is 0 Å². The molecule has 0 aliphatic heterocycles. The first-order chi connectivity index (χ1) is 12.7. The van der Waals surface area contributed by atoms with E-state index in [0.717, 1.165) is 19.4 Å². The molecule has 0 bridgehead atoms. The molecular formula is C20H22N4O2. The minimum absolute atomic E-state index is 0.173. The molecule has 4 N–H and O–H groups in total. The topological polar surface area (TPSA) is 93.0 Å². The molecule has 0 atom stereocenters. The third-order valence-corrected chi connectivity index (χ3v) is 4.09. The van der Waals surface area contributed by atoms with Crippen LogP contribution in [0.3, 0.4) is 0 Å². The molecule has 26 heavy (non-hydrogen) atoms. The Morgan fingerprint density at radius 2 is 1.88 bits per heavy atom. The number of nitrogens with two attached hydrogens (primary N) is 1. The molecule has 3 aromatic rings. The van der Waals surface area contributed by atoms with Gasteiger partial charge in [0.05, 0.1) is 12.7 Å². The van der Waals surface area contributed by atoms with Crippen molar-refractivity contribution < 1.29 is 9.53 Å². The number of imidazole rings is 1. The van der Waals surface area contributed by atoms with Crippen molar-refractivity contribution >= 4 is 17.5 Å². The van der Waals surface area contributed by atoms with Crippen molar-refractivity contribution in [3.8, 4) is 5.75 Å². The third-order valence-electron chi connectivity index (χ3n) is 4.09. The van der Waals surface area contributed by atoms with Crippen LogP contribution in [0.5, 0.6) is 5.75 Å². The highest BCUT2D eigenvalue weighted by atomic mass is 16.5. The number of aromatic nitrogens is 2. The van der Waals surface area contributed by atoms with Crippen molar-refractivity contribution in [1.82, 2.24) is 9.97 Å². The summed E-state index contributed by atoms with van der Waals surface area (Å²) < 4.78 is 5.24. The van der Waals surface area contributed by atoms with Crippen LogP contribution >= 0.6 is 0 Å². The quantitative estimate of drug-likeness (QED) is 0.428. The van der Waals surface area contributed by atoms with Crippen molar-refractivity contribution in [3.63, 3.8) is 0 Å². The van der Waals surface area contributed by atoms with Crippen LogP contribution in [-0.2, 0) is 6.42 Å². The number of ketones is 1. The van der Waals surface area contributed by atoms with Gasteiger partial charge in [-0.05, 0) is 30.5 Å². The molecule has 0 spiro atoms. The third kappa shape index (κ3) is 4.03. The van der Waals surface area contributed by atoms with Gasteiger partial charge in [-0.25, -0.2) is 0 Å². The lowest BCUT2D eigenvalue weighted by molar-refractivity contribution is 0.103. The van der Waals surface area contributed by atoms with E-state index in [9.17, 15) is 4.79 Å². The van der Waals surface area contributed by atoms with E-state index in [4.69, 9.17) is 10.5 Å². The highest BCUT2D eigenvalue weighted by molar-refractivity contribution is 6.12. The monoisotopic (exact) mass is 350 g/mol. The lowest BCUT2D eigenvalue weighted by Gasteiger charge is -2.06. The Balaban J connectivity index is 1.62. The molecule has 3 rings (SSSR count). The van der Waals surface area contributed by atoms with E-state index in [0.29, 0.717) is 17.3 Å². The number of ether oxygens (including phenoxy) is 1. The predicted octanol–water partition coefficient (Wildman–Crippen LogP) is 3.28. The molecule has 0 aliphatic carbocycles. The number of nitrogens with zero attached hydrogens (tertiary/aromatic N) is 1.